The Labute approximate surface area is 125 Å². The molecule has 0 aliphatic rings. The first-order chi connectivity index (χ1) is 10.2. The van der Waals surface area contributed by atoms with Gasteiger partial charge in [0.05, 0.1) is 7.11 Å². The molecule has 1 atom stereocenters. The van der Waals surface area contributed by atoms with Crippen LogP contribution in [0.25, 0.3) is 0 Å². The first-order valence-corrected chi connectivity index (χ1v) is 7.01. The van der Waals surface area contributed by atoms with Crippen LogP contribution in [0.15, 0.2) is 54.6 Å². The maximum absolute atomic E-state index is 12.0. The van der Waals surface area contributed by atoms with Gasteiger partial charge in [-0.05, 0) is 19.1 Å². The fraction of sp³-hybridized carbons (Fsp3) is 0.235. The second-order valence-corrected chi connectivity index (χ2v) is 4.92. The van der Waals surface area contributed by atoms with Gasteiger partial charge in [-0.25, -0.2) is 0 Å². The number of quaternary nitrogens is 1. The molecule has 4 heteroatoms. The van der Waals surface area contributed by atoms with Crippen molar-refractivity contribution in [2.45, 2.75) is 13.0 Å². The van der Waals surface area contributed by atoms with Crippen molar-refractivity contribution in [1.29, 1.82) is 0 Å². The predicted octanol–water partition coefficient (Wildman–Crippen LogP) is 1.96. The molecule has 2 rings (SSSR count). The predicted molar refractivity (Wildman–Crippen MR) is 83.3 cm³/mol. The van der Waals surface area contributed by atoms with Gasteiger partial charge in [-0.15, -0.1) is 0 Å². The summed E-state index contributed by atoms with van der Waals surface area (Å²) in [5, 5.41) is 4.89. The zero-order chi connectivity index (χ0) is 15.1. The number of hydrogen-bond acceptors (Lipinski definition) is 2. The Kier molecular flexibility index (Phi) is 5.35. The molecule has 0 heterocycles. The fourth-order valence-electron chi connectivity index (χ4n) is 2.09. The average Bonchev–Trinajstić information content (AvgIpc) is 2.53. The molecule has 4 nitrogen and oxygen atoms in total. The SMILES string of the molecule is COc1cccc(NC(=O)C[NH2+][C@H](C)c2ccccc2)c1. The van der Waals surface area contributed by atoms with Gasteiger partial charge in [-0.1, -0.05) is 36.4 Å². The van der Waals surface area contributed by atoms with Crippen molar-refractivity contribution in [3.05, 3.63) is 60.2 Å². The number of anilines is 1. The molecule has 0 aromatic heterocycles. The lowest BCUT2D eigenvalue weighted by molar-refractivity contribution is -0.682. The van der Waals surface area contributed by atoms with Crippen LogP contribution in [0.3, 0.4) is 0 Å². The summed E-state index contributed by atoms with van der Waals surface area (Å²) in [5.41, 5.74) is 1.96. The van der Waals surface area contributed by atoms with E-state index in [0.717, 1.165) is 11.4 Å². The molecule has 21 heavy (non-hydrogen) atoms. The number of carbonyl (C=O) groups excluding carboxylic acids is 1. The van der Waals surface area contributed by atoms with Crippen LogP contribution >= 0.6 is 0 Å². The zero-order valence-corrected chi connectivity index (χ0v) is 12.4. The smallest absolute Gasteiger partial charge is 0.279 e. The van der Waals surface area contributed by atoms with Gasteiger partial charge in [0, 0.05) is 17.3 Å². The van der Waals surface area contributed by atoms with Crippen LogP contribution < -0.4 is 15.4 Å². The minimum Gasteiger partial charge on any atom is -0.497 e. The zero-order valence-electron chi connectivity index (χ0n) is 12.4. The Morgan fingerprint density at radius 3 is 2.67 bits per heavy atom. The van der Waals surface area contributed by atoms with E-state index < -0.39 is 0 Å². The van der Waals surface area contributed by atoms with E-state index in [2.05, 4.69) is 24.4 Å². The molecule has 2 aromatic rings. The molecule has 110 valence electrons. The first-order valence-electron chi connectivity index (χ1n) is 7.01. The number of benzene rings is 2. The lowest BCUT2D eigenvalue weighted by Crippen LogP contribution is -2.86. The number of methoxy groups -OCH3 is 1. The van der Waals surface area contributed by atoms with Crippen LogP contribution in [0.1, 0.15) is 18.5 Å². The van der Waals surface area contributed by atoms with E-state index in [1.165, 1.54) is 5.56 Å². The second-order valence-electron chi connectivity index (χ2n) is 4.92. The van der Waals surface area contributed by atoms with E-state index in [1.54, 1.807) is 13.2 Å². The quantitative estimate of drug-likeness (QED) is 0.852. The molecule has 0 unspecified atom stereocenters. The average molecular weight is 285 g/mol. The third kappa shape index (κ3) is 4.61. The van der Waals surface area contributed by atoms with Gasteiger partial charge in [0.25, 0.3) is 5.91 Å². The lowest BCUT2D eigenvalue weighted by Gasteiger charge is -2.11. The highest BCUT2D eigenvalue weighted by Crippen LogP contribution is 2.16. The minimum atomic E-state index is -0.0222. The fourth-order valence-corrected chi connectivity index (χ4v) is 2.09. The molecular formula is C17H21N2O2+. The van der Waals surface area contributed by atoms with E-state index >= 15 is 0 Å². The van der Waals surface area contributed by atoms with Crippen LogP contribution in [0.2, 0.25) is 0 Å². The Balaban J connectivity index is 1.84. The van der Waals surface area contributed by atoms with Gasteiger partial charge >= 0.3 is 0 Å². The van der Waals surface area contributed by atoms with Gasteiger partial charge < -0.3 is 15.4 Å². The molecule has 2 aromatic carbocycles. The van der Waals surface area contributed by atoms with Gasteiger partial charge in [0.1, 0.15) is 11.8 Å². The standard InChI is InChI=1S/C17H20N2O2/c1-13(14-7-4-3-5-8-14)18-12-17(20)19-15-9-6-10-16(11-15)21-2/h3-11,13,18H,12H2,1-2H3,(H,19,20)/p+1/t13-/m1/s1. The lowest BCUT2D eigenvalue weighted by atomic mass is 10.1. The highest BCUT2D eigenvalue weighted by Gasteiger charge is 2.11. The molecule has 0 aliphatic heterocycles. The summed E-state index contributed by atoms with van der Waals surface area (Å²) in [6.45, 7) is 2.47. The molecule has 3 N–H and O–H groups in total. The Hall–Kier alpha value is -2.33. The first kappa shape index (κ1) is 15.1. The molecule has 0 spiro atoms. The van der Waals surface area contributed by atoms with E-state index in [4.69, 9.17) is 4.74 Å². The number of carbonyl (C=O) groups is 1. The van der Waals surface area contributed by atoms with Crippen LogP contribution in [0.4, 0.5) is 5.69 Å². The van der Waals surface area contributed by atoms with E-state index in [1.807, 2.05) is 41.7 Å². The summed E-state index contributed by atoms with van der Waals surface area (Å²) in [7, 11) is 1.61. The van der Waals surface area contributed by atoms with Gasteiger partial charge in [0.15, 0.2) is 6.54 Å². The van der Waals surface area contributed by atoms with Crippen molar-refractivity contribution in [3.63, 3.8) is 0 Å². The van der Waals surface area contributed by atoms with E-state index in [-0.39, 0.29) is 11.9 Å². The molecule has 0 saturated carbocycles. The molecule has 0 fully saturated rings. The number of rotatable bonds is 6. The summed E-state index contributed by atoms with van der Waals surface area (Å²) < 4.78 is 5.13. The maximum atomic E-state index is 12.0. The second kappa shape index (κ2) is 7.45. The molecule has 0 bridgehead atoms. The van der Waals surface area contributed by atoms with Crippen molar-refractivity contribution in [3.8, 4) is 5.75 Å². The number of hydrogen-bond donors (Lipinski definition) is 2. The van der Waals surface area contributed by atoms with Crippen molar-refractivity contribution < 1.29 is 14.8 Å². The van der Waals surface area contributed by atoms with Gasteiger partial charge in [-0.2, -0.15) is 0 Å². The van der Waals surface area contributed by atoms with Gasteiger partial charge in [-0.3, -0.25) is 4.79 Å². The third-order valence-corrected chi connectivity index (χ3v) is 3.34. The van der Waals surface area contributed by atoms with Crippen LogP contribution in [0, 0.1) is 0 Å². The van der Waals surface area contributed by atoms with Crippen molar-refractivity contribution in [2.24, 2.45) is 0 Å². The number of amides is 1. The molecule has 0 aliphatic carbocycles. The largest absolute Gasteiger partial charge is 0.497 e. The molecule has 0 radical (unpaired) electrons. The normalized spacial score (nSPS) is 11.7. The van der Waals surface area contributed by atoms with Crippen molar-refractivity contribution in [2.75, 3.05) is 19.0 Å². The maximum Gasteiger partial charge on any atom is 0.279 e. The summed E-state index contributed by atoms with van der Waals surface area (Å²) in [5.74, 6) is 0.709. The van der Waals surface area contributed by atoms with E-state index in [0.29, 0.717) is 6.54 Å². The summed E-state index contributed by atoms with van der Waals surface area (Å²) >= 11 is 0. The summed E-state index contributed by atoms with van der Waals surface area (Å²) in [4.78, 5) is 12.0. The monoisotopic (exact) mass is 285 g/mol. The highest BCUT2D eigenvalue weighted by atomic mass is 16.5. The van der Waals surface area contributed by atoms with Crippen molar-refractivity contribution in [1.82, 2.24) is 0 Å². The summed E-state index contributed by atoms with van der Waals surface area (Å²) in [6.07, 6.45) is 0. The van der Waals surface area contributed by atoms with E-state index in [9.17, 15) is 4.79 Å². The number of nitrogens with two attached hydrogens (primary N) is 1. The van der Waals surface area contributed by atoms with Crippen LogP contribution in [-0.2, 0) is 4.79 Å². The number of nitrogens with one attached hydrogen (secondary N) is 1. The number of ether oxygens (including phenoxy) is 1. The minimum absolute atomic E-state index is 0.0222. The topological polar surface area (TPSA) is 54.9 Å². The molecular weight excluding hydrogens is 264 g/mol. The Bertz CT molecular complexity index is 584. The molecule has 1 amide bonds. The Morgan fingerprint density at radius 2 is 1.95 bits per heavy atom. The van der Waals surface area contributed by atoms with Crippen LogP contribution in [0.5, 0.6) is 5.75 Å². The Morgan fingerprint density at radius 1 is 1.19 bits per heavy atom. The van der Waals surface area contributed by atoms with Crippen molar-refractivity contribution >= 4 is 11.6 Å². The summed E-state index contributed by atoms with van der Waals surface area (Å²) in [6, 6.07) is 17.8. The van der Waals surface area contributed by atoms with Crippen LogP contribution in [-0.4, -0.2) is 19.6 Å². The van der Waals surface area contributed by atoms with Gasteiger partial charge in [0.2, 0.25) is 0 Å². The highest BCUT2D eigenvalue weighted by molar-refractivity contribution is 5.91. The third-order valence-electron chi connectivity index (χ3n) is 3.34. The molecule has 0 saturated heterocycles.